The summed E-state index contributed by atoms with van der Waals surface area (Å²) in [5.41, 5.74) is 0.0486. The number of methoxy groups -OCH3 is 1. The molecule has 0 heterocycles. The third kappa shape index (κ3) is 6.13. The number of hydrogen-bond acceptors (Lipinski definition) is 7. The Hall–Kier alpha value is -2.70. The summed E-state index contributed by atoms with van der Waals surface area (Å²) in [7, 11) is -3.33. The second-order valence-corrected chi connectivity index (χ2v) is 10.0. The van der Waals surface area contributed by atoms with Crippen molar-refractivity contribution in [3.63, 3.8) is 0 Å². The first kappa shape index (κ1) is 29.9. The number of amides is 1. The molecular formula is C25H18Cl2N3NaO6S. The molecule has 1 amide bonds. The van der Waals surface area contributed by atoms with Gasteiger partial charge in [0, 0.05) is 10.9 Å². The molecule has 0 atom stereocenters. The molecule has 4 aromatic rings. The van der Waals surface area contributed by atoms with Crippen LogP contribution in [0.15, 0.2) is 75.8 Å². The van der Waals surface area contributed by atoms with Crippen LogP contribution in [0.2, 0.25) is 10.0 Å². The van der Waals surface area contributed by atoms with E-state index in [4.69, 9.17) is 27.9 Å². The zero-order valence-corrected chi connectivity index (χ0v) is 24.6. The van der Waals surface area contributed by atoms with Crippen LogP contribution in [0.3, 0.4) is 0 Å². The van der Waals surface area contributed by atoms with Gasteiger partial charge in [0.2, 0.25) is 0 Å². The molecule has 0 aliphatic rings. The van der Waals surface area contributed by atoms with Crippen molar-refractivity contribution in [2.75, 3.05) is 12.4 Å². The molecular weight excluding hydrogens is 564 g/mol. The maximum absolute atomic E-state index is 13.4. The summed E-state index contributed by atoms with van der Waals surface area (Å²) in [6.07, 6.45) is 0. The van der Waals surface area contributed by atoms with E-state index in [1.54, 1.807) is 49.4 Å². The predicted octanol–water partition coefficient (Wildman–Crippen LogP) is 3.46. The first-order chi connectivity index (χ1) is 17.5. The van der Waals surface area contributed by atoms with E-state index < -0.39 is 26.7 Å². The topological polar surface area (TPSA) is 140 Å². The number of anilines is 1. The second kappa shape index (κ2) is 12.0. The molecule has 0 radical (unpaired) electrons. The fourth-order valence-corrected chi connectivity index (χ4v) is 5.16. The Bertz CT molecular complexity index is 1700. The van der Waals surface area contributed by atoms with Crippen molar-refractivity contribution >= 4 is 67.1 Å². The summed E-state index contributed by atoms with van der Waals surface area (Å²) in [6, 6.07) is 15.5. The third-order valence-electron chi connectivity index (χ3n) is 5.34. The predicted molar refractivity (Wildman–Crippen MR) is 140 cm³/mol. The molecule has 0 unspecified atom stereocenters. The van der Waals surface area contributed by atoms with Gasteiger partial charge in [-0.25, -0.2) is 0 Å². The number of rotatable bonds is 6. The molecule has 38 heavy (non-hydrogen) atoms. The second-order valence-electron chi connectivity index (χ2n) is 7.87. The quantitative estimate of drug-likeness (QED) is 0.203. The third-order valence-corrected chi connectivity index (χ3v) is 7.08. The normalized spacial score (nSPS) is 11.4. The van der Waals surface area contributed by atoms with Crippen LogP contribution in [0.5, 0.6) is 11.5 Å². The average molecular weight is 582 g/mol. The minimum Gasteiger partial charge on any atom is -0.870 e. The number of fused-ring (bicyclic) bond motifs is 1. The van der Waals surface area contributed by atoms with Gasteiger partial charge in [0.25, 0.3) is 16.0 Å². The van der Waals surface area contributed by atoms with Gasteiger partial charge in [0.1, 0.15) is 21.4 Å². The van der Waals surface area contributed by atoms with E-state index in [1.807, 2.05) is 0 Å². The van der Waals surface area contributed by atoms with Crippen LogP contribution < -0.4 is 44.7 Å². The standard InChI is InChI=1S/C25H19Cl2N3O6S.Na/c1-13-10-17(26)24(37(33,34)35)19(11-13)29-30-22-15-7-4-3-6-14(15)12-16(23(22)31)25(32)28-18-8-5-9-20(36-2)21(18)27;/h3-12,31H,1-2H3,(H,28,32)(H,33,34,35);/q;+1/p-1. The summed E-state index contributed by atoms with van der Waals surface area (Å²) in [6.45, 7) is 1.64. The molecule has 4 rings (SSSR count). The molecule has 0 aromatic heterocycles. The molecule has 0 saturated carbocycles. The summed E-state index contributed by atoms with van der Waals surface area (Å²) in [4.78, 5) is 12.5. The summed E-state index contributed by atoms with van der Waals surface area (Å²) >= 11 is 12.3. The molecule has 4 aromatic carbocycles. The van der Waals surface area contributed by atoms with E-state index in [9.17, 15) is 22.9 Å². The van der Waals surface area contributed by atoms with Crippen molar-refractivity contribution in [1.82, 2.24) is 0 Å². The van der Waals surface area contributed by atoms with Crippen molar-refractivity contribution < 1.29 is 57.2 Å². The molecule has 0 aliphatic heterocycles. The molecule has 9 nitrogen and oxygen atoms in total. The molecule has 0 saturated heterocycles. The van der Waals surface area contributed by atoms with E-state index >= 15 is 0 Å². The monoisotopic (exact) mass is 581 g/mol. The Balaban J connectivity index is 0.00000400. The summed E-state index contributed by atoms with van der Waals surface area (Å²) < 4.78 is 38.6. The molecule has 13 heteroatoms. The largest absolute Gasteiger partial charge is 1.00 e. The van der Waals surface area contributed by atoms with Gasteiger partial charge in [0.15, 0.2) is 0 Å². The van der Waals surface area contributed by atoms with Crippen molar-refractivity contribution in [3.8, 4) is 11.5 Å². The number of ether oxygens (including phenoxy) is 1. The fraction of sp³-hybridized carbons (Fsp3) is 0.0800. The van der Waals surface area contributed by atoms with Gasteiger partial charge >= 0.3 is 29.6 Å². The van der Waals surface area contributed by atoms with Gasteiger partial charge in [0.05, 0.1) is 23.5 Å². The van der Waals surface area contributed by atoms with E-state index in [-0.39, 0.29) is 62.2 Å². The van der Waals surface area contributed by atoms with Gasteiger partial charge in [-0.05, 0) is 48.2 Å². The number of hydrogen-bond donors (Lipinski definition) is 2. The Morgan fingerprint density at radius 1 is 1.05 bits per heavy atom. The van der Waals surface area contributed by atoms with Crippen molar-refractivity contribution in [1.29, 1.82) is 0 Å². The van der Waals surface area contributed by atoms with Crippen LogP contribution in [-0.2, 0) is 10.1 Å². The number of aryl methyl sites for hydroxylation is 1. The molecule has 0 spiro atoms. The number of carbonyl (C=O) groups excluding carboxylic acids is 1. The van der Waals surface area contributed by atoms with Crippen LogP contribution in [0.25, 0.3) is 10.8 Å². The Morgan fingerprint density at radius 2 is 1.76 bits per heavy atom. The van der Waals surface area contributed by atoms with Crippen LogP contribution in [0.4, 0.5) is 17.1 Å². The molecule has 190 valence electrons. The number of azo groups is 1. The number of carbonyl (C=O) groups is 1. The van der Waals surface area contributed by atoms with Crippen LogP contribution >= 0.6 is 23.2 Å². The van der Waals surface area contributed by atoms with E-state index in [1.165, 1.54) is 25.3 Å². The summed E-state index contributed by atoms with van der Waals surface area (Å²) in [5.74, 6) is -1.17. The number of halogens is 2. The minimum atomic E-state index is -4.75. The minimum absolute atomic E-state index is 0. The van der Waals surface area contributed by atoms with Crippen molar-refractivity contribution in [2.45, 2.75) is 11.8 Å². The zero-order chi connectivity index (χ0) is 26.9. The molecule has 0 fully saturated rings. The zero-order valence-electron chi connectivity index (χ0n) is 20.3. The maximum atomic E-state index is 13.4. The van der Waals surface area contributed by atoms with E-state index in [0.29, 0.717) is 22.1 Å². The molecule has 0 aliphatic carbocycles. The van der Waals surface area contributed by atoms with E-state index in [0.717, 1.165) is 0 Å². The van der Waals surface area contributed by atoms with Crippen LogP contribution in [0, 0.1) is 6.92 Å². The Morgan fingerprint density at radius 3 is 2.45 bits per heavy atom. The van der Waals surface area contributed by atoms with Gasteiger partial charge in [-0.1, -0.05) is 59.3 Å². The molecule has 2 N–H and O–H groups in total. The fourth-order valence-electron chi connectivity index (χ4n) is 3.68. The smallest absolute Gasteiger partial charge is 0.870 e. The van der Waals surface area contributed by atoms with Gasteiger partial charge in [-0.15, -0.1) is 5.11 Å². The van der Waals surface area contributed by atoms with Crippen LogP contribution in [-0.4, -0.2) is 26.0 Å². The number of benzene rings is 4. The van der Waals surface area contributed by atoms with Crippen molar-refractivity contribution in [2.24, 2.45) is 10.2 Å². The Kier molecular flexibility index (Phi) is 9.43. The molecule has 0 bridgehead atoms. The average Bonchev–Trinajstić information content (AvgIpc) is 2.83. The summed E-state index contributed by atoms with van der Waals surface area (Å²) in [5, 5.41) is 24.7. The Labute approximate surface area is 250 Å². The maximum Gasteiger partial charge on any atom is 1.00 e. The number of nitrogens with zero attached hydrogens (tertiary/aromatic N) is 2. The first-order valence-corrected chi connectivity index (χ1v) is 12.8. The number of nitrogens with one attached hydrogen (secondary N) is 1. The first-order valence-electron chi connectivity index (χ1n) is 10.6. The van der Waals surface area contributed by atoms with Gasteiger partial charge in [-0.2, -0.15) is 13.5 Å². The van der Waals surface area contributed by atoms with Crippen molar-refractivity contribution in [3.05, 3.63) is 81.8 Å². The van der Waals surface area contributed by atoms with E-state index in [2.05, 4.69) is 15.5 Å². The van der Waals surface area contributed by atoms with Crippen LogP contribution in [0.1, 0.15) is 15.9 Å². The van der Waals surface area contributed by atoms with Gasteiger partial charge in [-0.3, -0.25) is 9.35 Å². The SMILES string of the molecule is COc1cccc(NC(=O)c2cc3ccccc3c(N=Nc3cc(C)cc(Cl)c3S(=O)(=O)O)c2[O-])c1Cl.[Na+]. The van der Waals surface area contributed by atoms with Gasteiger partial charge < -0.3 is 15.2 Å².